The van der Waals surface area contributed by atoms with Gasteiger partial charge in [0.2, 0.25) is 0 Å². The van der Waals surface area contributed by atoms with Crippen molar-refractivity contribution in [2.75, 3.05) is 0 Å². The number of rotatable bonds is 4. The minimum absolute atomic E-state index is 0.287. The van der Waals surface area contributed by atoms with Crippen molar-refractivity contribution in [3.63, 3.8) is 0 Å². The Kier molecular flexibility index (Phi) is 5.13. The van der Waals surface area contributed by atoms with E-state index in [0.717, 1.165) is 6.32 Å². The first-order chi connectivity index (χ1) is 4.68. The third kappa shape index (κ3) is 4.45. The first-order valence-corrected chi connectivity index (χ1v) is 3.71. The molecule has 2 N–H and O–H groups in total. The fourth-order valence-electron chi connectivity index (χ4n) is 0.604. The highest BCUT2D eigenvalue weighted by Crippen LogP contribution is 1.93. The molecule has 0 aliphatic rings. The molecule has 54 valence electrons. The minimum atomic E-state index is 0.287. The van der Waals surface area contributed by atoms with Crippen LogP contribution < -0.4 is 5.73 Å². The van der Waals surface area contributed by atoms with Gasteiger partial charge in [0.1, 0.15) is 6.60 Å². The number of allylic oxidation sites excluding steroid dienone is 3. The van der Waals surface area contributed by atoms with Crippen LogP contribution in [0.5, 0.6) is 0 Å². The Morgan fingerprint density at radius 2 is 2.40 bits per heavy atom. The first-order valence-electron chi connectivity index (χ1n) is 3.71. The summed E-state index contributed by atoms with van der Waals surface area (Å²) in [6, 6.07) is 0. The lowest BCUT2D eigenvalue weighted by Crippen LogP contribution is -2.35. The second kappa shape index (κ2) is 5.36. The maximum absolute atomic E-state index is 5.66. The summed E-state index contributed by atoms with van der Waals surface area (Å²) < 4.78 is 0. The number of hydrogen-bond acceptors (Lipinski definition) is 1. The lowest BCUT2D eigenvalue weighted by Gasteiger charge is -2.08. The van der Waals surface area contributed by atoms with E-state index in [-0.39, 0.29) is 5.94 Å². The highest BCUT2D eigenvalue weighted by atomic mass is 14.6. The van der Waals surface area contributed by atoms with Crippen molar-refractivity contribution in [1.29, 1.82) is 0 Å². The van der Waals surface area contributed by atoms with Crippen molar-refractivity contribution in [2.24, 2.45) is 5.73 Å². The van der Waals surface area contributed by atoms with Crippen LogP contribution in [-0.4, -0.2) is 20.3 Å². The Morgan fingerprint density at radius 3 is 2.80 bits per heavy atom. The molecule has 0 rings (SSSR count). The van der Waals surface area contributed by atoms with Crippen LogP contribution in [-0.2, 0) is 0 Å². The Bertz CT molecular complexity index is 121. The second-order valence-electron chi connectivity index (χ2n) is 2.74. The summed E-state index contributed by atoms with van der Waals surface area (Å²) >= 11 is 0. The van der Waals surface area contributed by atoms with E-state index < -0.39 is 0 Å². The quantitative estimate of drug-likeness (QED) is 0.433. The molecule has 0 saturated heterocycles. The van der Waals surface area contributed by atoms with Gasteiger partial charge in [-0.15, -0.1) is 0 Å². The van der Waals surface area contributed by atoms with Crippen LogP contribution in [0.4, 0.5) is 0 Å². The van der Waals surface area contributed by atoms with E-state index >= 15 is 0 Å². The van der Waals surface area contributed by atoms with Gasteiger partial charge in [-0.3, -0.25) is 0 Å². The van der Waals surface area contributed by atoms with E-state index in [9.17, 15) is 0 Å². The van der Waals surface area contributed by atoms with Gasteiger partial charge in [0, 0.05) is 0 Å². The first kappa shape index (κ1) is 9.57. The molecule has 0 amide bonds. The van der Waals surface area contributed by atoms with E-state index in [1.54, 1.807) is 6.08 Å². The zero-order valence-corrected chi connectivity index (χ0v) is 6.88. The molecule has 0 spiro atoms. The maximum Gasteiger partial charge on any atom is 0.125 e. The molecule has 1 atom stereocenters. The summed E-state index contributed by atoms with van der Waals surface area (Å²) in [5.74, 6) is 0.287. The molecule has 10 heavy (non-hydrogen) atoms. The molecular weight excluding hydrogens is 120 g/mol. The fourth-order valence-corrected chi connectivity index (χ4v) is 0.604. The molecule has 1 nitrogen and oxygen atoms in total. The lowest BCUT2D eigenvalue weighted by atomic mass is 9.27. The molecule has 0 bridgehead atoms. The molecule has 0 heterocycles. The van der Waals surface area contributed by atoms with Gasteiger partial charge in [-0.1, -0.05) is 38.1 Å². The van der Waals surface area contributed by atoms with E-state index in [0.29, 0.717) is 6.60 Å². The van der Waals surface area contributed by atoms with Crippen LogP contribution in [0.25, 0.3) is 0 Å². The monoisotopic (exact) mass is 135 g/mol. The van der Waals surface area contributed by atoms with Crippen LogP contribution in [0.15, 0.2) is 24.8 Å². The van der Waals surface area contributed by atoms with Gasteiger partial charge >= 0.3 is 0 Å². The molecule has 3 heteroatoms. The molecule has 0 aromatic carbocycles. The average molecular weight is 135 g/mol. The standard InChI is InChI=1S/C7H15B2N/c1-3-4-5-6-9(8)7(2)10/h3-5,7H,1,6,8,10H2,2H3. The predicted molar refractivity (Wildman–Crippen MR) is 52.1 cm³/mol. The smallest absolute Gasteiger partial charge is 0.125 e. The lowest BCUT2D eigenvalue weighted by molar-refractivity contribution is 1.00. The summed E-state index contributed by atoms with van der Waals surface area (Å²) in [5, 5.41) is 0. The van der Waals surface area contributed by atoms with Crippen molar-refractivity contribution < 1.29 is 0 Å². The van der Waals surface area contributed by atoms with Crippen molar-refractivity contribution in [2.45, 2.75) is 19.2 Å². The molecule has 0 aromatic heterocycles. The van der Waals surface area contributed by atoms with Crippen molar-refractivity contribution in [1.82, 2.24) is 0 Å². The van der Waals surface area contributed by atoms with Gasteiger partial charge in [0.05, 0.1) is 7.74 Å². The molecule has 0 aromatic rings. The SMILES string of the molecule is BB(CC=CC=C)C(C)N. The Morgan fingerprint density at radius 1 is 1.80 bits per heavy atom. The van der Waals surface area contributed by atoms with Crippen LogP contribution >= 0.6 is 0 Å². The fraction of sp³-hybridized carbons (Fsp3) is 0.429. The Hall–Kier alpha value is -0.430. The summed E-state index contributed by atoms with van der Waals surface area (Å²) in [6.45, 7) is 6.18. The van der Waals surface area contributed by atoms with Crippen molar-refractivity contribution in [3.8, 4) is 0 Å². The average Bonchev–Trinajstić information content (AvgIpc) is 1.88. The van der Waals surface area contributed by atoms with E-state index in [2.05, 4.69) is 20.4 Å². The van der Waals surface area contributed by atoms with Crippen LogP contribution in [0.1, 0.15) is 6.92 Å². The van der Waals surface area contributed by atoms with E-state index in [1.165, 1.54) is 0 Å². The molecule has 1 unspecified atom stereocenters. The Balaban J connectivity index is 3.48. The molecule has 0 aliphatic heterocycles. The van der Waals surface area contributed by atoms with Crippen LogP contribution in [0, 0.1) is 0 Å². The predicted octanol–water partition coefficient (Wildman–Crippen LogP) is 0.240. The normalized spacial score (nSPS) is 13.4. The maximum atomic E-state index is 5.66. The van der Waals surface area contributed by atoms with Gasteiger partial charge in [-0.2, -0.15) is 0 Å². The highest BCUT2D eigenvalue weighted by Gasteiger charge is 2.08. The van der Waals surface area contributed by atoms with E-state index in [1.807, 2.05) is 13.0 Å². The highest BCUT2D eigenvalue weighted by molar-refractivity contribution is 7.04. The minimum Gasteiger partial charge on any atom is -0.336 e. The third-order valence-corrected chi connectivity index (χ3v) is 1.68. The zero-order valence-electron chi connectivity index (χ0n) is 6.88. The summed E-state index contributed by atoms with van der Waals surface area (Å²) in [5.41, 5.74) is 5.66. The molecular formula is C7H15B2N. The van der Waals surface area contributed by atoms with Crippen molar-refractivity contribution >= 4 is 14.3 Å². The summed E-state index contributed by atoms with van der Waals surface area (Å²) in [6.07, 6.45) is 6.89. The topological polar surface area (TPSA) is 26.0 Å². The number of nitrogens with two attached hydrogens (primary N) is 1. The van der Waals surface area contributed by atoms with Gasteiger partial charge in [0.25, 0.3) is 0 Å². The zero-order chi connectivity index (χ0) is 7.98. The molecule has 0 saturated carbocycles. The number of hydrogen-bond donors (Lipinski definition) is 1. The summed E-state index contributed by atoms with van der Waals surface area (Å²) in [7, 11) is 2.15. The van der Waals surface area contributed by atoms with Crippen LogP contribution in [0.2, 0.25) is 6.32 Å². The van der Waals surface area contributed by atoms with Gasteiger partial charge in [0.15, 0.2) is 0 Å². The third-order valence-electron chi connectivity index (χ3n) is 1.68. The molecule has 0 aliphatic carbocycles. The van der Waals surface area contributed by atoms with Crippen molar-refractivity contribution in [3.05, 3.63) is 24.8 Å². The second-order valence-corrected chi connectivity index (χ2v) is 2.74. The largest absolute Gasteiger partial charge is 0.336 e. The van der Waals surface area contributed by atoms with Crippen LogP contribution in [0.3, 0.4) is 0 Å². The van der Waals surface area contributed by atoms with E-state index in [4.69, 9.17) is 5.73 Å². The molecule has 0 radical (unpaired) electrons. The molecule has 0 fully saturated rings. The summed E-state index contributed by atoms with van der Waals surface area (Å²) in [4.78, 5) is 0. The van der Waals surface area contributed by atoms with Gasteiger partial charge in [-0.05, 0) is 5.94 Å². The Labute approximate surface area is 64.8 Å². The van der Waals surface area contributed by atoms with Gasteiger partial charge in [-0.25, -0.2) is 0 Å². The van der Waals surface area contributed by atoms with Gasteiger partial charge < -0.3 is 5.73 Å².